The van der Waals surface area contributed by atoms with Gasteiger partial charge >= 0.3 is 6.03 Å². The standard InChI is InChI=1S/C17H16Cl3N3O/c18-12-2-1-3-15(9-12)21-17(24)23-6-4-22(5-7-23)16-10-13(19)8-14(20)11-16/h1-3,8-11H,4-7H2,(H,21,24). The van der Waals surface area contributed by atoms with Crippen molar-refractivity contribution >= 4 is 52.2 Å². The third-order valence-electron chi connectivity index (χ3n) is 3.86. The number of halogens is 3. The Bertz CT molecular complexity index is 725. The molecule has 24 heavy (non-hydrogen) atoms. The van der Waals surface area contributed by atoms with Gasteiger partial charge in [0, 0.05) is 52.6 Å². The first-order valence-electron chi connectivity index (χ1n) is 7.54. The lowest BCUT2D eigenvalue weighted by atomic mass is 10.2. The maximum absolute atomic E-state index is 12.3. The molecule has 0 unspecified atom stereocenters. The predicted octanol–water partition coefficient (Wildman–Crippen LogP) is 5.00. The molecule has 0 saturated carbocycles. The number of piperazine rings is 1. The summed E-state index contributed by atoms with van der Waals surface area (Å²) in [5.74, 6) is 0. The van der Waals surface area contributed by atoms with Crippen LogP contribution < -0.4 is 10.2 Å². The first kappa shape index (κ1) is 17.2. The van der Waals surface area contributed by atoms with Gasteiger partial charge in [-0.1, -0.05) is 40.9 Å². The van der Waals surface area contributed by atoms with Gasteiger partial charge in [0.2, 0.25) is 0 Å². The molecule has 1 N–H and O–H groups in total. The molecule has 0 atom stereocenters. The zero-order valence-electron chi connectivity index (χ0n) is 12.8. The number of rotatable bonds is 2. The molecule has 0 spiro atoms. The zero-order chi connectivity index (χ0) is 17.1. The summed E-state index contributed by atoms with van der Waals surface area (Å²) >= 11 is 18.0. The normalized spacial score (nSPS) is 14.6. The van der Waals surface area contributed by atoms with Gasteiger partial charge in [0.05, 0.1) is 0 Å². The molecule has 7 heteroatoms. The number of carbonyl (C=O) groups excluding carboxylic acids is 1. The van der Waals surface area contributed by atoms with Crippen molar-refractivity contribution in [3.63, 3.8) is 0 Å². The second-order valence-electron chi connectivity index (χ2n) is 5.54. The van der Waals surface area contributed by atoms with Gasteiger partial charge in [-0.25, -0.2) is 4.79 Å². The van der Waals surface area contributed by atoms with Gasteiger partial charge in [-0.15, -0.1) is 0 Å². The Balaban J connectivity index is 1.59. The smallest absolute Gasteiger partial charge is 0.321 e. The minimum absolute atomic E-state index is 0.124. The third kappa shape index (κ3) is 4.26. The molecule has 3 rings (SSSR count). The van der Waals surface area contributed by atoms with Crippen LogP contribution in [0.3, 0.4) is 0 Å². The van der Waals surface area contributed by atoms with E-state index in [0.717, 1.165) is 18.8 Å². The van der Waals surface area contributed by atoms with E-state index in [-0.39, 0.29) is 6.03 Å². The molecule has 0 aromatic heterocycles. The van der Waals surface area contributed by atoms with Crippen LogP contribution >= 0.6 is 34.8 Å². The van der Waals surface area contributed by atoms with Crippen molar-refractivity contribution < 1.29 is 4.79 Å². The summed E-state index contributed by atoms with van der Waals surface area (Å²) in [6.07, 6.45) is 0. The molecule has 1 heterocycles. The number of nitrogens with zero attached hydrogens (tertiary/aromatic N) is 2. The molecular formula is C17H16Cl3N3O. The topological polar surface area (TPSA) is 35.6 Å². The van der Waals surface area contributed by atoms with Crippen LogP contribution in [-0.2, 0) is 0 Å². The lowest BCUT2D eigenvalue weighted by Gasteiger charge is -2.36. The first-order chi connectivity index (χ1) is 11.5. The highest BCUT2D eigenvalue weighted by Crippen LogP contribution is 2.26. The molecule has 1 aliphatic heterocycles. The number of hydrogen-bond acceptors (Lipinski definition) is 2. The van der Waals surface area contributed by atoms with Gasteiger partial charge in [0.25, 0.3) is 0 Å². The maximum Gasteiger partial charge on any atom is 0.321 e. The first-order valence-corrected chi connectivity index (χ1v) is 8.67. The molecule has 2 aromatic rings. The molecule has 1 aliphatic rings. The lowest BCUT2D eigenvalue weighted by Crippen LogP contribution is -2.50. The van der Waals surface area contributed by atoms with E-state index < -0.39 is 0 Å². The second kappa shape index (κ2) is 7.51. The number of carbonyl (C=O) groups is 1. The highest BCUT2D eigenvalue weighted by Gasteiger charge is 2.21. The van der Waals surface area contributed by atoms with Crippen LogP contribution in [0.5, 0.6) is 0 Å². The van der Waals surface area contributed by atoms with E-state index in [1.807, 2.05) is 18.2 Å². The summed E-state index contributed by atoms with van der Waals surface area (Å²) in [5.41, 5.74) is 1.67. The highest BCUT2D eigenvalue weighted by molar-refractivity contribution is 6.35. The summed E-state index contributed by atoms with van der Waals surface area (Å²) in [4.78, 5) is 16.3. The second-order valence-corrected chi connectivity index (χ2v) is 6.85. The molecule has 1 saturated heterocycles. The van der Waals surface area contributed by atoms with Crippen LogP contribution in [0.25, 0.3) is 0 Å². The van der Waals surface area contributed by atoms with Crippen molar-refractivity contribution in [2.24, 2.45) is 0 Å². The molecule has 1 fully saturated rings. The summed E-state index contributed by atoms with van der Waals surface area (Å²) in [5, 5.41) is 4.68. The fourth-order valence-corrected chi connectivity index (χ4v) is 3.36. The van der Waals surface area contributed by atoms with E-state index in [0.29, 0.717) is 33.8 Å². The number of benzene rings is 2. The van der Waals surface area contributed by atoms with Crippen LogP contribution in [0, 0.1) is 0 Å². The summed E-state index contributed by atoms with van der Waals surface area (Å²) in [6.45, 7) is 2.69. The largest absolute Gasteiger partial charge is 0.368 e. The third-order valence-corrected chi connectivity index (χ3v) is 4.53. The maximum atomic E-state index is 12.3. The molecule has 2 amide bonds. The Hall–Kier alpha value is -1.62. The molecule has 0 aliphatic carbocycles. The highest BCUT2D eigenvalue weighted by atomic mass is 35.5. The quantitative estimate of drug-likeness (QED) is 0.791. The lowest BCUT2D eigenvalue weighted by molar-refractivity contribution is 0.208. The Morgan fingerprint density at radius 1 is 0.875 bits per heavy atom. The average molecular weight is 385 g/mol. The SMILES string of the molecule is O=C(Nc1cccc(Cl)c1)N1CCN(c2cc(Cl)cc(Cl)c2)CC1. The number of anilines is 2. The van der Waals surface area contributed by atoms with Crippen molar-refractivity contribution in [1.29, 1.82) is 0 Å². The van der Waals surface area contributed by atoms with E-state index in [1.165, 1.54) is 0 Å². The Morgan fingerprint density at radius 2 is 1.54 bits per heavy atom. The molecule has 4 nitrogen and oxygen atoms in total. The Morgan fingerprint density at radius 3 is 2.17 bits per heavy atom. The monoisotopic (exact) mass is 383 g/mol. The van der Waals surface area contributed by atoms with Crippen LogP contribution in [0.4, 0.5) is 16.2 Å². The van der Waals surface area contributed by atoms with Gasteiger partial charge in [0.1, 0.15) is 0 Å². The van der Waals surface area contributed by atoms with Gasteiger partial charge < -0.3 is 15.1 Å². The summed E-state index contributed by atoms with van der Waals surface area (Å²) in [7, 11) is 0. The van der Waals surface area contributed by atoms with E-state index >= 15 is 0 Å². The van der Waals surface area contributed by atoms with E-state index in [1.54, 1.807) is 29.2 Å². The average Bonchev–Trinajstić information content (AvgIpc) is 2.54. The van der Waals surface area contributed by atoms with Crippen LogP contribution in [0.2, 0.25) is 15.1 Å². The van der Waals surface area contributed by atoms with Gasteiger partial charge in [0.15, 0.2) is 0 Å². The molecule has 126 valence electrons. The fourth-order valence-electron chi connectivity index (χ4n) is 2.66. The van der Waals surface area contributed by atoms with Gasteiger partial charge in [-0.2, -0.15) is 0 Å². The number of urea groups is 1. The van der Waals surface area contributed by atoms with Crippen molar-refractivity contribution in [2.75, 3.05) is 36.4 Å². The van der Waals surface area contributed by atoms with Crippen LogP contribution in [-0.4, -0.2) is 37.1 Å². The number of hydrogen-bond donors (Lipinski definition) is 1. The Labute approximate surface area is 155 Å². The van der Waals surface area contributed by atoms with E-state index in [9.17, 15) is 4.79 Å². The predicted molar refractivity (Wildman–Crippen MR) is 101 cm³/mol. The van der Waals surface area contributed by atoms with Crippen LogP contribution in [0.15, 0.2) is 42.5 Å². The summed E-state index contributed by atoms with van der Waals surface area (Å²) < 4.78 is 0. The minimum Gasteiger partial charge on any atom is -0.368 e. The fraction of sp³-hybridized carbons (Fsp3) is 0.235. The van der Waals surface area contributed by atoms with Crippen molar-refractivity contribution in [2.45, 2.75) is 0 Å². The molecule has 2 aromatic carbocycles. The zero-order valence-corrected chi connectivity index (χ0v) is 15.1. The van der Waals surface area contributed by atoms with E-state index in [2.05, 4.69) is 10.2 Å². The van der Waals surface area contributed by atoms with Crippen LogP contribution in [0.1, 0.15) is 0 Å². The van der Waals surface area contributed by atoms with E-state index in [4.69, 9.17) is 34.8 Å². The minimum atomic E-state index is -0.124. The van der Waals surface area contributed by atoms with Gasteiger partial charge in [-0.05, 0) is 36.4 Å². The van der Waals surface area contributed by atoms with Gasteiger partial charge in [-0.3, -0.25) is 0 Å². The summed E-state index contributed by atoms with van der Waals surface area (Å²) in [6, 6.07) is 12.5. The Kier molecular flexibility index (Phi) is 5.39. The van der Waals surface area contributed by atoms with Crippen molar-refractivity contribution in [1.82, 2.24) is 4.90 Å². The molecular weight excluding hydrogens is 369 g/mol. The van der Waals surface area contributed by atoms with Crippen molar-refractivity contribution in [3.8, 4) is 0 Å². The molecule has 0 radical (unpaired) electrons. The van der Waals surface area contributed by atoms with Crippen molar-refractivity contribution in [3.05, 3.63) is 57.5 Å². The number of amides is 2. The molecule has 0 bridgehead atoms. The number of nitrogens with one attached hydrogen (secondary N) is 1.